The molecule has 1 heterocycles. The Kier molecular flexibility index (Phi) is 4.45. The van der Waals surface area contributed by atoms with E-state index in [-0.39, 0.29) is 23.0 Å². The SMILES string of the molecule is Cc1cc(OC(F)(F)F)ccc1C1CCC2(C1)CN(C(=O)C1CC(C)(O)C1)C2. The highest BCUT2D eigenvalue weighted by Crippen LogP contribution is 2.53. The molecule has 4 nitrogen and oxygen atoms in total. The largest absolute Gasteiger partial charge is 0.573 e. The zero-order valence-corrected chi connectivity index (χ0v) is 16.2. The predicted molar refractivity (Wildman–Crippen MR) is 96.8 cm³/mol. The lowest BCUT2D eigenvalue weighted by Crippen LogP contribution is -2.61. The Bertz CT molecular complexity index is 776. The number of nitrogens with zero attached hydrogens (tertiary/aromatic N) is 1. The van der Waals surface area contributed by atoms with Crippen LogP contribution >= 0.6 is 0 Å². The third kappa shape index (κ3) is 3.73. The Morgan fingerprint density at radius 3 is 2.50 bits per heavy atom. The van der Waals surface area contributed by atoms with E-state index in [1.807, 2.05) is 11.8 Å². The van der Waals surface area contributed by atoms with E-state index >= 15 is 0 Å². The molecule has 3 aliphatic rings. The fraction of sp³-hybridized carbons (Fsp3) is 0.667. The van der Waals surface area contributed by atoms with Gasteiger partial charge < -0.3 is 14.7 Å². The second-order valence-electron chi connectivity index (χ2n) is 9.30. The van der Waals surface area contributed by atoms with Gasteiger partial charge >= 0.3 is 6.36 Å². The lowest BCUT2D eigenvalue weighted by Gasteiger charge is -2.52. The van der Waals surface area contributed by atoms with E-state index in [0.29, 0.717) is 18.8 Å². The smallest absolute Gasteiger partial charge is 0.406 e. The zero-order chi connectivity index (χ0) is 20.3. The van der Waals surface area contributed by atoms with Crippen molar-refractivity contribution < 1.29 is 27.8 Å². The summed E-state index contributed by atoms with van der Waals surface area (Å²) in [5, 5.41) is 9.84. The topological polar surface area (TPSA) is 49.8 Å². The van der Waals surface area contributed by atoms with Gasteiger partial charge in [0.1, 0.15) is 5.75 Å². The maximum absolute atomic E-state index is 12.5. The molecule has 2 saturated carbocycles. The van der Waals surface area contributed by atoms with E-state index < -0.39 is 12.0 Å². The van der Waals surface area contributed by atoms with Gasteiger partial charge in [-0.15, -0.1) is 13.2 Å². The van der Waals surface area contributed by atoms with Gasteiger partial charge in [0, 0.05) is 24.4 Å². The number of hydrogen-bond donors (Lipinski definition) is 1. The van der Waals surface area contributed by atoms with Crippen molar-refractivity contribution in [3.05, 3.63) is 29.3 Å². The van der Waals surface area contributed by atoms with Crippen molar-refractivity contribution >= 4 is 5.91 Å². The van der Waals surface area contributed by atoms with Crippen LogP contribution in [0.2, 0.25) is 0 Å². The van der Waals surface area contributed by atoms with E-state index in [0.717, 1.165) is 43.5 Å². The highest BCUT2D eigenvalue weighted by molar-refractivity contribution is 5.81. The summed E-state index contributed by atoms with van der Waals surface area (Å²) in [7, 11) is 0. The molecule has 154 valence electrons. The summed E-state index contributed by atoms with van der Waals surface area (Å²) in [4.78, 5) is 14.4. The summed E-state index contributed by atoms with van der Waals surface area (Å²) in [6.07, 6.45) is -0.613. The molecule has 1 unspecified atom stereocenters. The van der Waals surface area contributed by atoms with Crippen LogP contribution < -0.4 is 4.74 Å². The van der Waals surface area contributed by atoms with Gasteiger partial charge in [-0.05, 0) is 75.1 Å². The molecule has 1 amide bonds. The summed E-state index contributed by atoms with van der Waals surface area (Å²) in [6.45, 7) is 5.11. The van der Waals surface area contributed by atoms with Crippen LogP contribution in [0, 0.1) is 18.3 Å². The van der Waals surface area contributed by atoms with Crippen molar-refractivity contribution in [1.29, 1.82) is 0 Å². The molecule has 7 heteroatoms. The monoisotopic (exact) mass is 397 g/mol. The molecule has 0 bridgehead atoms. The van der Waals surface area contributed by atoms with E-state index in [1.165, 1.54) is 12.1 Å². The maximum Gasteiger partial charge on any atom is 0.573 e. The van der Waals surface area contributed by atoms with Crippen LogP contribution in [-0.2, 0) is 4.79 Å². The normalized spacial score (nSPS) is 31.4. The number of halogens is 3. The van der Waals surface area contributed by atoms with Crippen molar-refractivity contribution in [3.63, 3.8) is 0 Å². The second kappa shape index (κ2) is 6.37. The number of alkyl halides is 3. The van der Waals surface area contributed by atoms with Crippen LogP contribution in [-0.4, -0.2) is 41.0 Å². The van der Waals surface area contributed by atoms with Crippen molar-refractivity contribution in [1.82, 2.24) is 4.90 Å². The summed E-state index contributed by atoms with van der Waals surface area (Å²) < 4.78 is 41.2. The minimum Gasteiger partial charge on any atom is -0.406 e. The molecular weight excluding hydrogens is 371 g/mol. The van der Waals surface area contributed by atoms with Crippen LogP contribution in [0.5, 0.6) is 5.75 Å². The van der Waals surface area contributed by atoms with Crippen molar-refractivity contribution in [2.45, 2.75) is 63.8 Å². The molecule has 4 rings (SSSR count). The van der Waals surface area contributed by atoms with Gasteiger partial charge in [-0.25, -0.2) is 0 Å². The van der Waals surface area contributed by atoms with Gasteiger partial charge in [0.25, 0.3) is 0 Å². The Hall–Kier alpha value is -1.76. The van der Waals surface area contributed by atoms with Crippen LogP contribution in [0.1, 0.15) is 56.1 Å². The summed E-state index contributed by atoms with van der Waals surface area (Å²) in [5.41, 5.74) is 1.33. The number of carbonyl (C=O) groups is 1. The fourth-order valence-corrected chi connectivity index (χ4v) is 5.42. The van der Waals surface area contributed by atoms with Crippen LogP contribution in [0.15, 0.2) is 18.2 Å². The molecule has 1 atom stereocenters. The Morgan fingerprint density at radius 1 is 1.25 bits per heavy atom. The highest BCUT2D eigenvalue weighted by atomic mass is 19.4. The van der Waals surface area contributed by atoms with E-state index in [1.54, 1.807) is 13.0 Å². The quantitative estimate of drug-likeness (QED) is 0.834. The van der Waals surface area contributed by atoms with Gasteiger partial charge in [0.15, 0.2) is 0 Å². The Balaban J connectivity index is 1.34. The minimum atomic E-state index is -4.68. The first-order valence-electron chi connectivity index (χ1n) is 9.83. The molecule has 1 aromatic rings. The molecule has 3 fully saturated rings. The first-order chi connectivity index (χ1) is 13.0. The number of aliphatic hydroxyl groups is 1. The summed E-state index contributed by atoms with van der Waals surface area (Å²) in [5.74, 6) is 0.235. The lowest BCUT2D eigenvalue weighted by molar-refractivity contribution is -0.274. The highest BCUT2D eigenvalue weighted by Gasteiger charge is 2.53. The van der Waals surface area contributed by atoms with Gasteiger partial charge in [-0.2, -0.15) is 0 Å². The zero-order valence-electron chi connectivity index (χ0n) is 16.2. The maximum atomic E-state index is 12.5. The molecule has 1 saturated heterocycles. The predicted octanol–water partition coefficient (Wildman–Crippen LogP) is 4.15. The van der Waals surface area contributed by atoms with E-state index in [4.69, 9.17) is 0 Å². The number of ether oxygens (including phenoxy) is 1. The number of aryl methyl sites for hydroxylation is 1. The van der Waals surface area contributed by atoms with Crippen molar-refractivity contribution in [2.75, 3.05) is 13.1 Å². The van der Waals surface area contributed by atoms with Gasteiger partial charge in [0.2, 0.25) is 5.91 Å². The van der Waals surface area contributed by atoms with Gasteiger partial charge in [-0.1, -0.05) is 6.07 Å². The molecule has 1 aromatic carbocycles. The molecule has 1 spiro atoms. The third-order valence-corrected chi connectivity index (χ3v) is 6.70. The fourth-order valence-electron chi connectivity index (χ4n) is 5.42. The molecule has 0 aromatic heterocycles. The first kappa shape index (κ1) is 19.6. The van der Waals surface area contributed by atoms with Crippen LogP contribution in [0.4, 0.5) is 13.2 Å². The number of hydrogen-bond acceptors (Lipinski definition) is 3. The second-order valence-corrected chi connectivity index (χ2v) is 9.30. The standard InChI is InChI=1S/C21H26F3NO3/c1-13-7-16(28-21(22,23)24)3-4-17(13)14-5-6-20(10-14)11-25(12-20)18(26)15-8-19(2,27)9-15/h3-4,7,14-15,27H,5-6,8-12H2,1-2H3. The molecule has 1 aliphatic heterocycles. The van der Waals surface area contributed by atoms with E-state index in [2.05, 4.69) is 4.74 Å². The lowest BCUT2D eigenvalue weighted by atomic mass is 9.69. The number of carbonyl (C=O) groups excluding carboxylic acids is 1. The summed E-state index contributed by atoms with van der Waals surface area (Å²) >= 11 is 0. The van der Waals surface area contributed by atoms with Crippen LogP contribution in [0.3, 0.4) is 0 Å². The molecular formula is C21H26F3NO3. The van der Waals surface area contributed by atoms with E-state index in [9.17, 15) is 23.1 Å². The van der Waals surface area contributed by atoms with Gasteiger partial charge in [0.05, 0.1) is 5.60 Å². The summed E-state index contributed by atoms with van der Waals surface area (Å²) in [6, 6.07) is 4.59. The van der Waals surface area contributed by atoms with Crippen molar-refractivity contribution in [2.24, 2.45) is 11.3 Å². The van der Waals surface area contributed by atoms with Crippen molar-refractivity contribution in [3.8, 4) is 5.75 Å². The molecule has 2 aliphatic carbocycles. The van der Waals surface area contributed by atoms with Gasteiger partial charge in [-0.3, -0.25) is 4.79 Å². The molecule has 28 heavy (non-hydrogen) atoms. The third-order valence-electron chi connectivity index (χ3n) is 6.70. The average Bonchev–Trinajstić information content (AvgIpc) is 2.94. The Morgan fingerprint density at radius 2 is 1.93 bits per heavy atom. The number of amides is 1. The average molecular weight is 397 g/mol. The minimum absolute atomic E-state index is 0.0482. The van der Waals surface area contributed by atoms with Crippen LogP contribution in [0.25, 0.3) is 0 Å². The number of benzene rings is 1. The molecule has 0 radical (unpaired) electrons. The number of rotatable bonds is 3. The molecule has 1 N–H and O–H groups in total. The first-order valence-corrected chi connectivity index (χ1v) is 9.83. The number of likely N-dealkylation sites (tertiary alicyclic amines) is 1. The Labute approximate surface area is 162 Å².